The minimum Gasteiger partial charge on any atom is -0.381 e. The molecule has 0 aliphatic carbocycles. The molecule has 1 aliphatic rings. The Morgan fingerprint density at radius 2 is 1.55 bits per heavy atom. The van der Waals surface area contributed by atoms with Crippen molar-refractivity contribution in [3.63, 3.8) is 0 Å². The number of ketones is 1. The predicted octanol–water partition coefficient (Wildman–Crippen LogP) is 5.72. The van der Waals surface area contributed by atoms with Crippen LogP contribution in [0.25, 0.3) is 0 Å². The van der Waals surface area contributed by atoms with E-state index >= 15 is 0 Å². The molecule has 1 fully saturated rings. The zero-order chi connectivity index (χ0) is 20.1. The molecule has 0 bridgehead atoms. The number of methoxy groups -OCH3 is 1. The molecular formula is C25H24O3S. The third-order valence-corrected chi connectivity index (χ3v) is 6.44. The fourth-order valence-electron chi connectivity index (χ4n) is 3.72. The monoisotopic (exact) mass is 404 g/mol. The summed E-state index contributed by atoms with van der Waals surface area (Å²) in [5.41, 5.74) is 2.35. The van der Waals surface area contributed by atoms with Crippen LogP contribution in [0.5, 0.6) is 0 Å². The first-order chi connectivity index (χ1) is 14.2. The van der Waals surface area contributed by atoms with Gasteiger partial charge >= 0.3 is 0 Å². The number of carbonyl (C=O) groups is 1. The van der Waals surface area contributed by atoms with Crippen LogP contribution in [0.1, 0.15) is 34.3 Å². The van der Waals surface area contributed by atoms with Crippen LogP contribution < -0.4 is 0 Å². The molecule has 1 heterocycles. The summed E-state index contributed by atoms with van der Waals surface area (Å²) in [6.07, 6.45) is 1.74. The molecule has 0 atom stereocenters. The summed E-state index contributed by atoms with van der Waals surface area (Å²) in [6, 6.07) is 25.7. The van der Waals surface area contributed by atoms with Crippen molar-refractivity contribution in [1.82, 2.24) is 0 Å². The van der Waals surface area contributed by atoms with Crippen LogP contribution in [0.4, 0.5) is 0 Å². The number of benzene rings is 3. The molecule has 29 heavy (non-hydrogen) atoms. The average molecular weight is 405 g/mol. The lowest BCUT2D eigenvalue weighted by Crippen LogP contribution is -2.35. The van der Waals surface area contributed by atoms with E-state index in [1.807, 2.05) is 54.6 Å². The standard InChI is InChI=1S/C25H24O3S/c1-27-25(14-16-28-17-15-25)21-8-5-9-23(18-21)29-22-12-10-20(11-13-22)24(26)19-6-3-2-4-7-19/h2-13,18H,14-17H2,1H3. The van der Waals surface area contributed by atoms with Gasteiger partial charge < -0.3 is 9.47 Å². The summed E-state index contributed by atoms with van der Waals surface area (Å²) in [7, 11) is 1.79. The molecule has 0 saturated carbocycles. The first kappa shape index (κ1) is 19.9. The van der Waals surface area contributed by atoms with Gasteiger partial charge in [-0.1, -0.05) is 54.2 Å². The smallest absolute Gasteiger partial charge is 0.193 e. The first-order valence-electron chi connectivity index (χ1n) is 9.81. The van der Waals surface area contributed by atoms with Gasteiger partial charge in [0.15, 0.2) is 5.78 Å². The Balaban J connectivity index is 1.50. The van der Waals surface area contributed by atoms with Crippen LogP contribution in [0.3, 0.4) is 0 Å². The van der Waals surface area contributed by atoms with Crippen LogP contribution in [0, 0.1) is 0 Å². The van der Waals surface area contributed by atoms with E-state index in [1.54, 1.807) is 18.9 Å². The average Bonchev–Trinajstić information content (AvgIpc) is 2.80. The van der Waals surface area contributed by atoms with E-state index in [2.05, 4.69) is 24.3 Å². The molecule has 0 amide bonds. The maximum atomic E-state index is 12.6. The SMILES string of the molecule is COC1(c2cccc(Sc3ccc(C(=O)c4ccccc4)cc3)c2)CCOCC1. The molecule has 3 aromatic carbocycles. The van der Waals surface area contributed by atoms with Gasteiger partial charge in [-0.25, -0.2) is 0 Å². The van der Waals surface area contributed by atoms with Gasteiger partial charge in [-0.05, 0) is 42.0 Å². The van der Waals surface area contributed by atoms with Gasteiger partial charge in [-0.3, -0.25) is 4.79 Å². The fourth-order valence-corrected chi connectivity index (χ4v) is 4.60. The molecule has 4 heteroatoms. The van der Waals surface area contributed by atoms with Crippen molar-refractivity contribution in [1.29, 1.82) is 0 Å². The summed E-state index contributed by atoms with van der Waals surface area (Å²) >= 11 is 1.69. The van der Waals surface area contributed by atoms with Crippen molar-refractivity contribution in [3.05, 3.63) is 95.6 Å². The van der Waals surface area contributed by atoms with E-state index < -0.39 is 0 Å². The summed E-state index contributed by atoms with van der Waals surface area (Å²) < 4.78 is 11.5. The summed E-state index contributed by atoms with van der Waals surface area (Å²) in [5.74, 6) is 0.0469. The number of hydrogen-bond donors (Lipinski definition) is 0. The molecule has 0 aromatic heterocycles. The lowest BCUT2D eigenvalue weighted by molar-refractivity contribution is -0.0948. The quantitative estimate of drug-likeness (QED) is 0.492. The van der Waals surface area contributed by atoms with Crippen LogP contribution in [0.15, 0.2) is 88.7 Å². The predicted molar refractivity (Wildman–Crippen MR) is 116 cm³/mol. The lowest BCUT2D eigenvalue weighted by atomic mass is 9.86. The molecule has 148 valence electrons. The van der Waals surface area contributed by atoms with E-state index in [0.717, 1.165) is 35.8 Å². The van der Waals surface area contributed by atoms with Crippen LogP contribution in [0.2, 0.25) is 0 Å². The minimum atomic E-state index is -0.263. The second-order valence-corrected chi connectivity index (χ2v) is 8.31. The molecule has 4 rings (SSSR count). The van der Waals surface area contributed by atoms with Crippen molar-refractivity contribution in [2.75, 3.05) is 20.3 Å². The highest BCUT2D eigenvalue weighted by Crippen LogP contribution is 2.38. The molecule has 1 saturated heterocycles. The molecule has 1 aliphatic heterocycles. The van der Waals surface area contributed by atoms with Crippen molar-refractivity contribution in [3.8, 4) is 0 Å². The Labute approximate surface area is 176 Å². The van der Waals surface area contributed by atoms with Crippen LogP contribution >= 0.6 is 11.8 Å². The summed E-state index contributed by atoms with van der Waals surface area (Å²) in [6.45, 7) is 1.45. The number of ether oxygens (including phenoxy) is 2. The number of hydrogen-bond acceptors (Lipinski definition) is 4. The number of rotatable bonds is 6. The fraction of sp³-hybridized carbons (Fsp3) is 0.240. The van der Waals surface area contributed by atoms with E-state index in [4.69, 9.17) is 9.47 Å². The Hall–Kier alpha value is -2.40. The van der Waals surface area contributed by atoms with Crippen molar-refractivity contribution < 1.29 is 14.3 Å². The molecule has 0 N–H and O–H groups in total. The third kappa shape index (κ3) is 4.45. The number of carbonyl (C=O) groups excluding carboxylic acids is 1. The third-order valence-electron chi connectivity index (χ3n) is 5.44. The molecule has 3 aromatic rings. The largest absolute Gasteiger partial charge is 0.381 e. The normalized spacial score (nSPS) is 15.8. The molecule has 0 spiro atoms. The Bertz CT molecular complexity index is 961. The zero-order valence-corrected chi connectivity index (χ0v) is 17.3. The highest BCUT2D eigenvalue weighted by molar-refractivity contribution is 7.99. The summed E-state index contributed by atoms with van der Waals surface area (Å²) in [4.78, 5) is 14.8. The maximum Gasteiger partial charge on any atom is 0.193 e. The molecular weight excluding hydrogens is 380 g/mol. The Morgan fingerprint density at radius 1 is 0.862 bits per heavy atom. The topological polar surface area (TPSA) is 35.5 Å². The van der Waals surface area contributed by atoms with Gasteiger partial charge in [0.25, 0.3) is 0 Å². The van der Waals surface area contributed by atoms with E-state index in [-0.39, 0.29) is 11.4 Å². The Morgan fingerprint density at radius 3 is 2.24 bits per heavy atom. The van der Waals surface area contributed by atoms with Crippen molar-refractivity contribution >= 4 is 17.5 Å². The first-order valence-corrected chi connectivity index (χ1v) is 10.6. The van der Waals surface area contributed by atoms with Gasteiger partial charge in [-0.15, -0.1) is 0 Å². The van der Waals surface area contributed by atoms with E-state index in [9.17, 15) is 4.79 Å². The molecule has 0 unspecified atom stereocenters. The molecule has 3 nitrogen and oxygen atoms in total. The van der Waals surface area contributed by atoms with Crippen molar-refractivity contribution in [2.45, 2.75) is 28.2 Å². The highest BCUT2D eigenvalue weighted by Gasteiger charge is 2.34. The molecule has 0 radical (unpaired) electrons. The van der Waals surface area contributed by atoms with Gasteiger partial charge in [0.1, 0.15) is 0 Å². The van der Waals surface area contributed by atoms with E-state index in [0.29, 0.717) is 11.1 Å². The lowest BCUT2D eigenvalue weighted by Gasteiger charge is -2.36. The second kappa shape index (κ2) is 8.95. The summed E-state index contributed by atoms with van der Waals surface area (Å²) in [5, 5.41) is 0. The van der Waals surface area contributed by atoms with Crippen LogP contribution in [-0.2, 0) is 15.1 Å². The highest BCUT2D eigenvalue weighted by atomic mass is 32.2. The van der Waals surface area contributed by atoms with Gasteiger partial charge in [-0.2, -0.15) is 0 Å². The zero-order valence-electron chi connectivity index (χ0n) is 16.5. The van der Waals surface area contributed by atoms with Crippen molar-refractivity contribution in [2.24, 2.45) is 0 Å². The van der Waals surface area contributed by atoms with Gasteiger partial charge in [0.05, 0.1) is 5.60 Å². The van der Waals surface area contributed by atoms with E-state index in [1.165, 1.54) is 5.56 Å². The van der Waals surface area contributed by atoms with Gasteiger partial charge in [0.2, 0.25) is 0 Å². The van der Waals surface area contributed by atoms with Gasteiger partial charge in [0, 0.05) is 54.1 Å². The second-order valence-electron chi connectivity index (χ2n) is 7.16. The Kier molecular flexibility index (Phi) is 6.14. The van der Waals surface area contributed by atoms with Crippen LogP contribution in [-0.4, -0.2) is 26.1 Å². The maximum absolute atomic E-state index is 12.6. The minimum absolute atomic E-state index is 0.0469.